The molecule has 3 nitrogen and oxygen atoms in total. The molecule has 0 aromatic rings. The average Bonchev–Trinajstić information content (AvgIpc) is 2.43. The van der Waals surface area contributed by atoms with Gasteiger partial charge in [-0.2, -0.15) is 0 Å². The predicted molar refractivity (Wildman–Crippen MR) is 74.8 cm³/mol. The van der Waals surface area contributed by atoms with E-state index >= 15 is 0 Å². The molecule has 2 aliphatic rings. The van der Waals surface area contributed by atoms with E-state index in [9.17, 15) is 4.79 Å². The fourth-order valence-corrected chi connectivity index (χ4v) is 3.04. The summed E-state index contributed by atoms with van der Waals surface area (Å²) in [4.78, 5) is 14.3. The highest BCUT2D eigenvalue weighted by Crippen LogP contribution is 2.38. The van der Waals surface area contributed by atoms with E-state index in [-0.39, 0.29) is 5.41 Å². The largest absolute Gasteiger partial charge is 0.379 e. The summed E-state index contributed by atoms with van der Waals surface area (Å²) in [5.74, 6) is 0.402. The third-order valence-corrected chi connectivity index (χ3v) is 4.19. The molecular weight excluding hydrogens is 226 g/mol. The van der Waals surface area contributed by atoms with Gasteiger partial charge in [0.15, 0.2) is 0 Å². The Morgan fingerprint density at radius 3 is 2.17 bits per heavy atom. The zero-order chi connectivity index (χ0) is 13.4. The van der Waals surface area contributed by atoms with Crippen LogP contribution in [-0.4, -0.2) is 43.5 Å². The zero-order valence-corrected chi connectivity index (χ0v) is 12.3. The van der Waals surface area contributed by atoms with Gasteiger partial charge in [0, 0.05) is 25.0 Å². The van der Waals surface area contributed by atoms with E-state index in [4.69, 9.17) is 4.74 Å². The monoisotopic (exact) mass is 255 g/mol. The van der Waals surface area contributed by atoms with Gasteiger partial charge in [-0.25, -0.2) is 0 Å². The summed E-state index contributed by atoms with van der Waals surface area (Å²) in [6, 6.07) is 0. The van der Waals surface area contributed by atoms with Gasteiger partial charge >= 0.3 is 0 Å². The number of carbonyl (C=O) groups excluding carboxylic acids is 1. The van der Waals surface area contributed by atoms with Crippen LogP contribution in [-0.2, 0) is 9.53 Å². The Morgan fingerprint density at radius 1 is 1.11 bits per heavy atom. The SMILES string of the molecule is CC.CC(=O)C1(CN2CCOCC2)CCCCC1. The van der Waals surface area contributed by atoms with E-state index in [0.717, 1.165) is 45.7 Å². The molecule has 0 aromatic carbocycles. The topological polar surface area (TPSA) is 29.5 Å². The summed E-state index contributed by atoms with van der Waals surface area (Å²) in [7, 11) is 0. The lowest BCUT2D eigenvalue weighted by atomic mass is 9.71. The van der Waals surface area contributed by atoms with E-state index in [1.54, 1.807) is 6.92 Å². The second-order valence-corrected chi connectivity index (χ2v) is 5.29. The number of Topliss-reactive ketones (excluding diaryl/α,β-unsaturated/α-hetero) is 1. The maximum atomic E-state index is 11.9. The molecule has 1 aliphatic heterocycles. The van der Waals surface area contributed by atoms with Crippen molar-refractivity contribution < 1.29 is 9.53 Å². The molecule has 1 saturated heterocycles. The highest BCUT2D eigenvalue weighted by molar-refractivity contribution is 5.82. The number of hydrogen-bond acceptors (Lipinski definition) is 3. The number of hydrogen-bond donors (Lipinski definition) is 0. The minimum absolute atomic E-state index is 0.0322. The van der Waals surface area contributed by atoms with Gasteiger partial charge in [0.2, 0.25) is 0 Å². The van der Waals surface area contributed by atoms with Crippen LogP contribution in [0.4, 0.5) is 0 Å². The molecule has 0 N–H and O–H groups in total. The molecule has 2 fully saturated rings. The maximum absolute atomic E-state index is 11.9. The van der Waals surface area contributed by atoms with Gasteiger partial charge in [-0.3, -0.25) is 9.69 Å². The summed E-state index contributed by atoms with van der Waals surface area (Å²) in [6.45, 7) is 10.4. The quantitative estimate of drug-likeness (QED) is 0.776. The number of morpholine rings is 1. The molecule has 0 aromatic heterocycles. The Morgan fingerprint density at radius 2 is 1.67 bits per heavy atom. The molecule has 1 heterocycles. The molecule has 0 spiro atoms. The summed E-state index contributed by atoms with van der Waals surface area (Å²) in [5, 5.41) is 0. The molecule has 1 aliphatic carbocycles. The molecule has 1 saturated carbocycles. The van der Waals surface area contributed by atoms with E-state index in [2.05, 4.69) is 4.90 Å². The molecule has 2 rings (SSSR count). The summed E-state index contributed by atoms with van der Waals surface area (Å²) in [6.07, 6.45) is 5.95. The number of carbonyl (C=O) groups is 1. The second kappa shape index (κ2) is 7.90. The van der Waals surface area contributed by atoms with Crippen molar-refractivity contribution >= 4 is 5.78 Å². The fraction of sp³-hybridized carbons (Fsp3) is 0.933. The Hall–Kier alpha value is -0.410. The molecule has 0 radical (unpaired) electrons. The van der Waals surface area contributed by atoms with E-state index in [0.29, 0.717) is 5.78 Å². The van der Waals surface area contributed by atoms with E-state index in [1.165, 1.54) is 19.3 Å². The molecule has 0 unspecified atom stereocenters. The van der Waals surface area contributed by atoms with Crippen molar-refractivity contribution in [2.75, 3.05) is 32.8 Å². The third-order valence-electron chi connectivity index (χ3n) is 4.19. The van der Waals surface area contributed by atoms with Crippen molar-refractivity contribution in [2.45, 2.75) is 52.9 Å². The Labute approximate surface area is 112 Å². The molecule has 106 valence electrons. The Bertz CT molecular complexity index is 241. The van der Waals surface area contributed by atoms with Crippen molar-refractivity contribution in [3.63, 3.8) is 0 Å². The lowest BCUT2D eigenvalue weighted by molar-refractivity contribution is -0.130. The first-order valence-electron chi connectivity index (χ1n) is 7.54. The van der Waals surface area contributed by atoms with Crippen LogP contribution >= 0.6 is 0 Å². The van der Waals surface area contributed by atoms with Crippen LogP contribution in [0.15, 0.2) is 0 Å². The molecule has 0 amide bonds. The summed E-state index contributed by atoms with van der Waals surface area (Å²) < 4.78 is 5.36. The Kier molecular flexibility index (Phi) is 6.87. The van der Waals surface area contributed by atoms with Gasteiger partial charge in [-0.05, 0) is 19.8 Å². The van der Waals surface area contributed by atoms with Gasteiger partial charge in [-0.1, -0.05) is 33.1 Å². The Balaban J connectivity index is 0.000000771. The van der Waals surface area contributed by atoms with Crippen molar-refractivity contribution in [3.8, 4) is 0 Å². The van der Waals surface area contributed by atoms with Crippen LogP contribution in [0.1, 0.15) is 52.9 Å². The second-order valence-electron chi connectivity index (χ2n) is 5.29. The number of rotatable bonds is 3. The number of nitrogens with zero attached hydrogens (tertiary/aromatic N) is 1. The summed E-state index contributed by atoms with van der Waals surface area (Å²) >= 11 is 0. The third kappa shape index (κ3) is 4.06. The van der Waals surface area contributed by atoms with Crippen molar-refractivity contribution in [3.05, 3.63) is 0 Å². The normalized spacial score (nSPS) is 23.9. The van der Waals surface area contributed by atoms with Crippen LogP contribution in [0.3, 0.4) is 0 Å². The van der Waals surface area contributed by atoms with Crippen molar-refractivity contribution in [2.24, 2.45) is 5.41 Å². The first kappa shape index (κ1) is 15.6. The van der Waals surface area contributed by atoms with Crippen LogP contribution < -0.4 is 0 Å². The highest BCUT2D eigenvalue weighted by Gasteiger charge is 2.38. The van der Waals surface area contributed by atoms with Crippen LogP contribution in [0.5, 0.6) is 0 Å². The maximum Gasteiger partial charge on any atom is 0.137 e. The number of ketones is 1. The van der Waals surface area contributed by atoms with Gasteiger partial charge < -0.3 is 4.74 Å². The highest BCUT2D eigenvalue weighted by atomic mass is 16.5. The van der Waals surface area contributed by atoms with Crippen LogP contribution in [0.25, 0.3) is 0 Å². The van der Waals surface area contributed by atoms with E-state index < -0.39 is 0 Å². The van der Waals surface area contributed by atoms with Gasteiger partial charge in [0.05, 0.1) is 13.2 Å². The smallest absolute Gasteiger partial charge is 0.137 e. The zero-order valence-electron chi connectivity index (χ0n) is 12.3. The predicted octanol–water partition coefficient (Wildman–Crippen LogP) is 2.88. The fourth-order valence-electron chi connectivity index (χ4n) is 3.04. The molecular formula is C15H29NO2. The summed E-state index contributed by atoms with van der Waals surface area (Å²) in [5.41, 5.74) is -0.0322. The molecule has 0 atom stereocenters. The van der Waals surface area contributed by atoms with E-state index in [1.807, 2.05) is 13.8 Å². The minimum Gasteiger partial charge on any atom is -0.379 e. The lowest BCUT2D eigenvalue weighted by Gasteiger charge is -2.40. The first-order chi connectivity index (χ1) is 8.73. The van der Waals surface area contributed by atoms with Crippen LogP contribution in [0, 0.1) is 5.41 Å². The molecule has 3 heteroatoms. The molecule has 0 bridgehead atoms. The van der Waals surface area contributed by atoms with Crippen molar-refractivity contribution in [1.29, 1.82) is 0 Å². The molecule has 18 heavy (non-hydrogen) atoms. The van der Waals surface area contributed by atoms with Crippen LogP contribution in [0.2, 0.25) is 0 Å². The first-order valence-corrected chi connectivity index (χ1v) is 7.54. The average molecular weight is 255 g/mol. The number of ether oxygens (including phenoxy) is 1. The van der Waals surface area contributed by atoms with Gasteiger partial charge in [0.25, 0.3) is 0 Å². The lowest BCUT2D eigenvalue weighted by Crippen LogP contribution is -2.47. The minimum atomic E-state index is -0.0322. The van der Waals surface area contributed by atoms with Crippen molar-refractivity contribution in [1.82, 2.24) is 4.90 Å². The van der Waals surface area contributed by atoms with Gasteiger partial charge in [0.1, 0.15) is 5.78 Å². The van der Waals surface area contributed by atoms with Gasteiger partial charge in [-0.15, -0.1) is 0 Å². The standard InChI is InChI=1S/C13H23NO2.C2H6/c1-12(15)13(5-3-2-4-6-13)11-14-7-9-16-10-8-14;1-2/h2-11H2,1H3;1-2H3.